The Morgan fingerprint density at radius 1 is 1.22 bits per heavy atom. The van der Waals surface area contributed by atoms with Gasteiger partial charge < -0.3 is 15.4 Å². The molecule has 4 heteroatoms. The van der Waals surface area contributed by atoms with E-state index >= 15 is 0 Å². The van der Waals surface area contributed by atoms with Gasteiger partial charge in [0, 0.05) is 18.2 Å². The Balaban J connectivity index is 1.56. The molecule has 1 unspecified atom stereocenters. The van der Waals surface area contributed by atoms with Crippen LogP contribution in [0.15, 0.2) is 24.3 Å². The number of hydrogen-bond donors (Lipinski definition) is 2. The lowest BCUT2D eigenvalue weighted by Crippen LogP contribution is -2.19. The van der Waals surface area contributed by atoms with Gasteiger partial charge in [-0.2, -0.15) is 0 Å². The Hall–Kier alpha value is -1.55. The summed E-state index contributed by atoms with van der Waals surface area (Å²) in [5, 5.41) is 6.19. The molecule has 96 valence electrons. The summed E-state index contributed by atoms with van der Waals surface area (Å²) in [6.07, 6.45) is 3.39. The monoisotopic (exact) mass is 246 g/mol. The summed E-state index contributed by atoms with van der Waals surface area (Å²) < 4.78 is 5.82. The molecule has 0 aromatic heterocycles. The summed E-state index contributed by atoms with van der Waals surface area (Å²) in [4.78, 5) is 11.6. The van der Waals surface area contributed by atoms with E-state index in [1.807, 2.05) is 24.3 Å². The van der Waals surface area contributed by atoms with Crippen molar-refractivity contribution in [2.24, 2.45) is 5.92 Å². The van der Waals surface area contributed by atoms with Gasteiger partial charge in [-0.05, 0) is 50.1 Å². The van der Waals surface area contributed by atoms with Crippen LogP contribution in [0.2, 0.25) is 0 Å². The number of benzene rings is 1. The first-order chi connectivity index (χ1) is 8.81. The molecule has 1 saturated carbocycles. The lowest BCUT2D eigenvalue weighted by molar-refractivity contribution is -0.117. The smallest absolute Gasteiger partial charge is 0.227 e. The van der Waals surface area contributed by atoms with Gasteiger partial charge in [0.05, 0.1) is 0 Å². The lowest BCUT2D eigenvalue weighted by atomic mass is 10.2. The first-order valence-electron chi connectivity index (χ1n) is 6.59. The molecule has 1 heterocycles. The van der Waals surface area contributed by atoms with Crippen LogP contribution < -0.4 is 15.4 Å². The van der Waals surface area contributed by atoms with Crippen molar-refractivity contribution in [3.05, 3.63) is 24.3 Å². The van der Waals surface area contributed by atoms with Crippen LogP contribution in [-0.2, 0) is 4.79 Å². The van der Waals surface area contributed by atoms with Gasteiger partial charge in [-0.3, -0.25) is 4.79 Å². The molecule has 2 N–H and O–H groups in total. The number of rotatable bonds is 4. The van der Waals surface area contributed by atoms with Crippen molar-refractivity contribution in [1.29, 1.82) is 0 Å². The first kappa shape index (κ1) is 11.5. The fourth-order valence-electron chi connectivity index (χ4n) is 2.13. The van der Waals surface area contributed by atoms with E-state index in [1.54, 1.807) is 0 Å². The fraction of sp³-hybridized carbons (Fsp3) is 0.500. The number of carbonyl (C=O) groups excluding carboxylic acids is 1. The molecule has 0 radical (unpaired) electrons. The Labute approximate surface area is 107 Å². The molecule has 1 aromatic carbocycles. The maximum Gasteiger partial charge on any atom is 0.227 e. The number of nitrogens with one attached hydrogen (secondary N) is 2. The van der Waals surface area contributed by atoms with Crippen molar-refractivity contribution in [1.82, 2.24) is 5.32 Å². The lowest BCUT2D eigenvalue weighted by Gasteiger charge is -2.12. The molecule has 1 aliphatic heterocycles. The molecule has 1 aromatic rings. The van der Waals surface area contributed by atoms with Crippen LogP contribution in [0.1, 0.15) is 19.3 Å². The third-order valence-corrected chi connectivity index (χ3v) is 3.39. The van der Waals surface area contributed by atoms with Gasteiger partial charge in [0.25, 0.3) is 0 Å². The summed E-state index contributed by atoms with van der Waals surface area (Å²) in [5.74, 6) is 1.25. The maximum absolute atomic E-state index is 11.6. The number of hydrogen-bond acceptors (Lipinski definition) is 3. The third kappa shape index (κ3) is 2.82. The fourth-order valence-corrected chi connectivity index (χ4v) is 2.13. The van der Waals surface area contributed by atoms with Crippen LogP contribution >= 0.6 is 0 Å². The van der Waals surface area contributed by atoms with Gasteiger partial charge in [-0.1, -0.05) is 0 Å². The van der Waals surface area contributed by atoms with E-state index in [1.165, 1.54) is 0 Å². The largest absolute Gasteiger partial charge is 0.489 e. The molecular weight excluding hydrogens is 228 g/mol. The molecule has 4 nitrogen and oxygen atoms in total. The standard InChI is InChI=1S/C14H18N2O2/c17-14(10-1-2-10)16-11-3-5-12(6-4-11)18-13-7-8-15-9-13/h3-6,10,13,15H,1-2,7-9H2,(H,16,17). The van der Waals surface area contributed by atoms with Crippen LogP contribution in [0, 0.1) is 5.92 Å². The van der Waals surface area contributed by atoms with Gasteiger partial charge >= 0.3 is 0 Å². The summed E-state index contributed by atoms with van der Waals surface area (Å²) in [7, 11) is 0. The zero-order valence-electron chi connectivity index (χ0n) is 10.3. The van der Waals surface area contributed by atoms with E-state index in [2.05, 4.69) is 10.6 Å². The van der Waals surface area contributed by atoms with E-state index in [0.717, 1.165) is 43.8 Å². The van der Waals surface area contributed by atoms with Gasteiger partial charge in [0.15, 0.2) is 0 Å². The molecule has 2 aliphatic rings. The molecule has 3 rings (SSSR count). The van der Waals surface area contributed by atoms with Gasteiger partial charge in [-0.15, -0.1) is 0 Å². The average Bonchev–Trinajstić information content (AvgIpc) is 3.11. The van der Waals surface area contributed by atoms with Crippen LogP contribution in [0.3, 0.4) is 0 Å². The molecule has 1 aliphatic carbocycles. The molecule has 18 heavy (non-hydrogen) atoms. The quantitative estimate of drug-likeness (QED) is 0.851. The summed E-state index contributed by atoms with van der Waals surface area (Å²) in [6.45, 7) is 1.94. The van der Waals surface area contributed by atoms with Crippen molar-refractivity contribution in [3.63, 3.8) is 0 Å². The molecule has 1 saturated heterocycles. The highest BCUT2D eigenvalue weighted by Crippen LogP contribution is 2.30. The molecule has 0 spiro atoms. The number of amides is 1. The molecule has 0 bridgehead atoms. The van der Waals surface area contributed by atoms with E-state index in [9.17, 15) is 4.79 Å². The molecule has 2 fully saturated rings. The van der Waals surface area contributed by atoms with Crippen molar-refractivity contribution >= 4 is 11.6 Å². The Bertz CT molecular complexity index is 420. The van der Waals surface area contributed by atoms with E-state index < -0.39 is 0 Å². The van der Waals surface area contributed by atoms with Crippen LogP contribution in [0.25, 0.3) is 0 Å². The third-order valence-electron chi connectivity index (χ3n) is 3.39. The second kappa shape index (κ2) is 4.98. The van der Waals surface area contributed by atoms with Crippen molar-refractivity contribution < 1.29 is 9.53 Å². The van der Waals surface area contributed by atoms with Crippen molar-refractivity contribution in [2.75, 3.05) is 18.4 Å². The van der Waals surface area contributed by atoms with Gasteiger partial charge in [0.1, 0.15) is 11.9 Å². The van der Waals surface area contributed by atoms with E-state index in [4.69, 9.17) is 4.74 Å². The van der Waals surface area contributed by atoms with E-state index in [-0.39, 0.29) is 17.9 Å². The summed E-state index contributed by atoms with van der Waals surface area (Å²) in [6, 6.07) is 7.64. The minimum atomic E-state index is 0.142. The predicted octanol–water partition coefficient (Wildman–Crippen LogP) is 1.78. The second-order valence-electron chi connectivity index (χ2n) is 5.02. The van der Waals surface area contributed by atoms with E-state index in [0.29, 0.717) is 0 Å². The zero-order chi connectivity index (χ0) is 12.4. The zero-order valence-corrected chi connectivity index (χ0v) is 10.3. The SMILES string of the molecule is O=C(Nc1ccc(OC2CCNC2)cc1)C1CC1. The van der Waals surface area contributed by atoms with Crippen molar-refractivity contribution in [3.8, 4) is 5.75 Å². The highest BCUT2D eigenvalue weighted by Gasteiger charge is 2.29. The topological polar surface area (TPSA) is 50.4 Å². The highest BCUT2D eigenvalue weighted by atomic mass is 16.5. The summed E-state index contributed by atoms with van der Waals surface area (Å²) in [5.41, 5.74) is 0.851. The summed E-state index contributed by atoms with van der Waals surface area (Å²) >= 11 is 0. The second-order valence-corrected chi connectivity index (χ2v) is 5.02. The average molecular weight is 246 g/mol. The van der Waals surface area contributed by atoms with Crippen LogP contribution in [0.5, 0.6) is 5.75 Å². The first-order valence-corrected chi connectivity index (χ1v) is 6.59. The highest BCUT2D eigenvalue weighted by molar-refractivity contribution is 5.94. The molecular formula is C14H18N2O2. The van der Waals surface area contributed by atoms with Crippen molar-refractivity contribution in [2.45, 2.75) is 25.4 Å². The number of carbonyl (C=O) groups is 1. The molecule has 1 amide bonds. The van der Waals surface area contributed by atoms with Gasteiger partial charge in [-0.25, -0.2) is 0 Å². The predicted molar refractivity (Wildman–Crippen MR) is 69.7 cm³/mol. The van der Waals surface area contributed by atoms with Crippen LogP contribution in [-0.4, -0.2) is 25.1 Å². The maximum atomic E-state index is 11.6. The minimum Gasteiger partial charge on any atom is -0.489 e. The Kier molecular flexibility index (Phi) is 3.19. The Morgan fingerprint density at radius 3 is 2.61 bits per heavy atom. The minimum absolute atomic E-state index is 0.142. The number of anilines is 1. The van der Waals surface area contributed by atoms with Gasteiger partial charge in [0.2, 0.25) is 5.91 Å². The molecule has 1 atom stereocenters. The normalized spacial score (nSPS) is 22.8. The number of ether oxygens (including phenoxy) is 1. The van der Waals surface area contributed by atoms with Crippen LogP contribution in [0.4, 0.5) is 5.69 Å². The Morgan fingerprint density at radius 2 is 2.00 bits per heavy atom.